The van der Waals surface area contributed by atoms with Gasteiger partial charge in [0, 0.05) is 6.42 Å². The SMILES string of the molecule is CC(NC(=O)C1CCCN1)C(=O)NC(CO)C(=O)NC(Cc1ccc(O)cc1)C(=O)O. The third-order valence-electron chi connectivity index (χ3n) is 4.94. The summed E-state index contributed by atoms with van der Waals surface area (Å²) >= 11 is 0. The molecular formula is C20H28N4O7. The van der Waals surface area contributed by atoms with Gasteiger partial charge in [-0.3, -0.25) is 14.4 Å². The summed E-state index contributed by atoms with van der Waals surface area (Å²) in [6.45, 7) is 1.41. The van der Waals surface area contributed by atoms with Gasteiger partial charge in [0.25, 0.3) is 0 Å². The molecule has 1 aromatic rings. The van der Waals surface area contributed by atoms with E-state index < -0.39 is 42.5 Å². The molecule has 1 fully saturated rings. The molecule has 4 atom stereocenters. The first-order chi connectivity index (χ1) is 14.7. The molecule has 1 heterocycles. The second kappa shape index (κ2) is 11.3. The first-order valence-corrected chi connectivity index (χ1v) is 9.97. The van der Waals surface area contributed by atoms with Crippen molar-refractivity contribution in [1.82, 2.24) is 21.3 Å². The van der Waals surface area contributed by atoms with Gasteiger partial charge in [0.05, 0.1) is 12.6 Å². The van der Waals surface area contributed by atoms with E-state index in [1.165, 1.54) is 31.2 Å². The van der Waals surface area contributed by atoms with Gasteiger partial charge in [0.1, 0.15) is 23.9 Å². The maximum Gasteiger partial charge on any atom is 0.326 e. The summed E-state index contributed by atoms with van der Waals surface area (Å²) in [7, 11) is 0. The summed E-state index contributed by atoms with van der Waals surface area (Å²) in [6, 6.07) is 1.80. The smallest absolute Gasteiger partial charge is 0.326 e. The van der Waals surface area contributed by atoms with Crippen LogP contribution in [0.15, 0.2) is 24.3 Å². The van der Waals surface area contributed by atoms with Crippen molar-refractivity contribution in [2.45, 2.75) is 50.4 Å². The zero-order valence-corrected chi connectivity index (χ0v) is 17.1. The summed E-state index contributed by atoms with van der Waals surface area (Å²) in [5, 5.41) is 38.4. The fourth-order valence-electron chi connectivity index (χ4n) is 3.12. The largest absolute Gasteiger partial charge is 0.508 e. The van der Waals surface area contributed by atoms with Gasteiger partial charge in [-0.1, -0.05) is 12.1 Å². The third-order valence-corrected chi connectivity index (χ3v) is 4.94. The van der Waals surface area contributed by atoms with E-state index in [1.807, 2.05) is 0 Å². The highest BCUT2D eigenvalue weighted by Gasteiger charge is 2.29. The molecule has 4 unspecified atom stereocenters. The highest BCUT2D eigenvalue weighted by Crippen LogP contribution is 2.11. The lowest BCUT2D eigenvalue weighted by atomic mass is 10.1. The number of carbonyl (C=O) groups is 4. The first-order valence-electron chi connectivity index (χ1n) is 9.97. The average molecular weight is 436 g/mol. The number of aromatic hydroxyl groups is 1. The van der Waals surface area contributed by atoms with Crippen molar-refractivity contribution in [2.24, 2.45) is 0 Å². The van der Waals surface area contributed by atoms with Crippen LogP contribution in [0.2, 0.25) is 0 Å². The van der Waals surface area contributed by atoms with Crippen molar-refractivity contribution >= 4 is 23.7 Å². The normalized spacial score (nSPS) is 18.5. The fraction of sp³-hybridized carbons (Fsp3) is 0.500. The summed E-state index contributed by atoms with van der Waals surface area (Å²) in [6.07, 6.45) is 1.47. The summed E-state index contributed by atoms with van der Waals surface area (Å²) in [5.41, 5.74) is 0.562. The number of hydrogen-bond acceptors (Lipinski definition) is 7. The number of carboxylic acid groups (broad SMARTS) is 1. The molecule has 0 bridgehead atoms. The van der Waals surface area contributed by atoms with Crippen molar-refractivity contribution in [1.29, 1.82) is 0 Å². The van der Waals surface area contributed by atoms with Crippen molar-refractivity contribution in [3.05, 3.63) is 29.8 Å². The Morgan fingerprint density at radius 1 is 1.06 bits per heavy atom. The Bertz CT molecular complexity index is 793. The fourth-order valence-corrected chi connectivity index (χ4v) is 3.12. The van der Waals surface area contributed by atoms with Crippen LogP contribution in [-0.2, 0) is 25.6 Å². The quantitative estimate of drug-likeness (QED) is 0.225. The molecule has 1 saturated heterocycles. The molecule has 1 aliphatic rings. The Labute approximate surface area is 179 Å². The molecule has 1 aromatic carbocycles. The zero-order chi connectivity index (χ0) is 23.0. The predicted octanol–water partition coefficient (Wildman–Crippen LogP) is -1.76. The number of carboxylic acids is 1. The van der Waals surface area contributed by atoms with Gasteiger partial charge in [-0.25, -0.2) is 4.79 Å². The van der Waals surface area contributed by atoms with Crippen LogP contribution in [0.25, 0.3) is 0 Å². The van der Waals surface area contributed by atoms with Crippen LogP contribution in [-0.4, -0.2) is 76.3 Å². The van der Waals surface area contributed by atoms with E-state index in [2.05, 4.69) is 21.3 Å². The Morgan fingerprint density at radius 3 is 2.26 bits per heavy atom. The number of aliphatic hydroxyl groups excluding tert-OH is 1. The Kier molecular flexibility index (Phi) is 8.76. The molecule has 1 aliphatic heterocycles. The molecule has 0 aliphatic carbocycles. The molecule has 11 nitrogen and oxygen atoms in total. The van der Waals surface area contributed by atoms with Crippen molar-refractivity contribution < 1.29 is 34.5 Å². The second-order valence-electron chi connectivity index (χ2n) is 7.39. The lowest BCUT2D eigenvalue weighted by molar-refractivity contribution is -0.142. The average Bonchev–Trinajstić information content (AvgIpc) is 3.27. The summed E-state index contributed by atoms with van der Waals surface area (Å²) in [5.74, 6) is -3.17. The molecule has 11 heteroatoms. The minimum Gasteiger partial charge on any atom is -0.508 e. The summed E-state index contributed by atoms with van der Waals surface area (Å²) in [4.78, 5) is 48.4. The number of amides is 3. The summed E-state index contributed by atoms with van der Waals surface area (Å²) < 4.78 is 0. The number of rotatable bonds is 10. The number of nitrogens with one attached hydrogen (secondary N) is 4. The van der Waals surface area contributed by atoms with E-state index >= 15 is 0 Å². The van der Waals surface area contributed by atoms with E-state index in [1.54, 1.807) is 0 Å². The molecule has 3 amide bonds. The van der Waals surface area contributed by atoms with Gasteiger partial charge in [0.2, 0.25) is 17.7 Å². The number of carbonyl (C=O) groups excluding carboxylic acids is 3. The van der Waals surface area contributed by atoms with Crippen LogP contribution >= 0.6 is 0 Å². The van der Waals surface area contributed by atoms with Crippen LogP contribution in [0.5, 0.6) is 5.75 Å². The second-order valence-corrected chi connectivity index (χ2v) is 7.39. The highest BCUT2D eigenvalue weighted by molar-refractivity contribution is 5.94. The number of hydrogen-bond donors (Lipinski definition) is 7. The zero-order valence-electron chi connectivity index (χ0n) is 17.1. The number of phenolic OH excluding ortho intramolecular Hbond substituents is 1. The van der Waals surface area contributed by atoms with E-state index in [9.17, 15) is 34.5 Å². The third kappa shape index (κ3) is 7.23. The number of aliphatic carboxylic acids is 1. The molecule has 31 heavy (non-hydrogen) atoms. The van der Waals surface area contributed by atoms with Crippen LogP contribution in [0.1, 0.15) is 25.3 Å². The van der Waals surface area contributed by atoms with E-state index in [0.717, 1.165) is 13.0 Å². The first kappa shape index (κ1) is 24.1. The van der Waals surface area contributed by atoms with Crippen LogP contribution in [0.4, 0.5) is 0 Å². The molecule has 0 radical (unpaired) electrons. The Hall–Kier alpha value is -3.18. The van der Waals surface area contributed by atoms with Crippen LogP contribution in [0.3, 0.4) is 0 Å². The predicted molar refractivity (Wildman–Crippen MR) is 109 cm³/mol. The van der Waals surface area contributed by atoms with E-state index in [4.69, 9.17) is 0 Å². The van der Waals surface area contributed by atoms with Gasteiger partial charge >= 0.3 is 5.97 Å². The topological polar surface area (TPSA) is 177 Å². The monoisotopic (exact) mass is 436 g/mol. The molecule has 0 saturated carbocycles. The molecule has 0 spiro atoms. The van der Waals surface area contributed by atoms with E-state index in [-0.39, 0.29) is 24.1 Å². The molecule has 7 N–H and O–H groups in total. The Balaban J connectivity index is 1.92. The highest BCUT2D eigenvalue weighted by atomic mass is 16.4. The van der Waals surface area contributed by atoms with Gasteiger partial charge in [-0.05, 0) is 44.0 Å². The van der Waals surface area contributed by atoms with Crippen LogP contribution in [0, 0.1) is 0 Å². The van der Waals surface area contributed by atoms with Gasteiger partial charge < -0.3 is 36.6 Å². The standard InChI is InChI=1S/C20H28N4O7/c1-11(22-18(28)14-3-2-8-21-14)17(27)24-16(10-25)19(29)23-15(20(30)31)9-12-4-6-13(26)7-5-12/h4-7,11,14-16,21,25-26H,2-3,8-10H2,1H3,(H,22,28)(H,23,29)(H,24,27)(H,30,31). The molecule has 2 rings (SSSR count). The lowest BCUT2D eigenvalue weighted by Gasteiger charge is -2.22. The number of phenols is 1. The van der Waals surface area contributed by atoms with Crippen molar-refractivity contribution in [3.8, 4) is 5.75 Å². The lowest BCUT2D eigenvalue weighted by Crippen LogP contribution is -2.57. The van der Waals surface area contributed by atoms with E-state index in [0.29, 0.717) is 12.0 Å². The van der Waals surface area contributed by atoms with Gasteiger partial charge in [-0.2, -0.15) is 0 Å². The van der Waals surface area contributed by atoms with Gasteiger partial charge in [0.15, 0.2) is 0 Å². The molecule has 170 valence electrons. The minimum absolute atomic E-state index is 0.0210. The number of aliphatic hydroxyl groups is 1. The van der Waals surface area contributed by atoms with Crippen molar-refractivity contribution in [3.63, 3.8) is 0 Å². The van der Waals surface area contributed by atoms with Gasteiger partial charge in [-0.15, -0.1) is 0 Å². The van der Waals surface area contributed by atoms with Crippen LogP contribution < -0.4 is 21.3 Å². The minimum atomic E-state index is -1.39. The maximum absolute atomic E-state index is 12.4. The number of benzene rings is 1. The molecular weight excluding hydrogens is 408 g/mol. The van der Waals surface area contributed by atoms with Crippen molar-refractivity contribution in [2.75, 3.05) is 13.2 Å². The molecule has 0 aromatic heterocycles. The maximum atomic E-state index is 12.4. The Morgan fingerprint density at radius 2 is 1.71 bits per heavy atom.